The minimum Gasteiger partial charge on any atom is -0.456 e. The van der Waals surface area contributed by atoms with Crippen LogP contribution in [0.25, 0.3) is 0 Å². The number of hydrogen-bond donors (Lipinski definition) is 1. The van der Waals surface area contributed by atoms with Crippen LogP contribution in [0.4, 0.5) is 0 Å². The number of fused-ring (bicyclic) bond motifs is 2. The van der Waals surface area contributed by atoms with E-state index in [1.165, 1.54) is 33.4 Å². The van der Waals surface area contributed by atoms with E-state index in [2.05, 4.69) is 91.3 Å². The quantitative estimate of drug-likeness (QED) is 0.0930. The molecule has 1 aromatic heterocycles. The van der Waals surface area contributed by atoms with Gasteiger partial charge in [-0.2, -0.15) is 0 Å². The van der Waals surface area contributed by atoms with Gasteiger partial charge in [-0.05, 0) is 90.4 Å². The fraction of sp³-hybridized carbons (Fsp3) is 0.289. The van der Waals surface area contributed by atoms with Gasteiger partial charge >= 0.3 is 0 Å². The van der Waals surface area contributed by atoms with Crippen LogP contribution in [0.3, 0.4) is 0 Å². The van der Waals surface area contributed by atoms with Gasteiger partial charge in [-0.3, -0.25) is 0 Å². The number of benzene rings is 4. The third-order valence-corrected chi connectivity index (χ3v) is 9.80. The zero-order valence-corrected chi connectivity index (χ0v) is 34.7. The SMILES string of the molecule is C=C/C=C\NPOc1ccccc1.CC.CCc1cc(C)c2c(c1)C(C)(C)c1cc(C(C)(C)C)cc(C)c1O2.c1ccc(OPn2cccc2)cc1. The van der Waals surface area contributed by atoms with Gasteiger partial charge in [0, 0.05) is 35.1 Å². The molecule has 1 aliphatic heterocycles. The number of aromatic nitrogens is 1. The maximum absolute atomic E-state index is 6.44. The van der Waals surface area contributed by atoms with Crippen LogP contribution in [0.5, 0.6) is 23.0 Å². The number of aryl methyl sites for hydroxylation is 3. The molecule has 276 valence electrons. The fourth-order valence-electron chi connectivity index (χ4n) is 5.42. The van der Waals surface area contributed by atoms with E-state index in [9.17, 15) is 0 Å². The second-order valence-corrected chi connectivity index (χ2v) is 15.2. The molecule has 0 aliphatic carbocycles. The van der Waals surface area contributed by atoms with Gasteiger partial charge in [-0.25, -0.2) is 0 Å². The summed E-state index contributed by atoms with van der Waals surface area (Å²) in [4.78, 5) is 0. The van der Waals surface area contributed by atoms with Gasteiger partial charge in [0.2, 0.25) is 0 Å². The molecule has 4 aromatic carbocycles. The Kier molecular flexibility index (Phi) is 16.7. The van der Waals surface area contributed by atoms with Crippen LogP contribution in [0.2, 0.25) is 0 Å². The number of nitrogens with one attached hydrogen (secondary N) is 1. The van der Waals surface area contributed by atoms with Gasteiger partial charge in [0.25, 0.3) is 0 Å². The third-order valence-electron chi connectivity index (χ3n) is 8.34. The molecule has 5 nitrogen and oxygen atoms in total. The molecular formula is C45H58N2O3P2. The highest BCUT2D eigenvalue weighted by Gasteiger charge is 2.37. The van der Waals surface area contributed by atoms with E-state index in [0.29, 0.717) is 8.96 Å². The third kappa shape index (κ3) is 12.1. The van der Waals surface area contributed by atoms with Crippen molar-refractivity contribution >= 4 is 17.9 Å². The lowest BCUT2D eigenvalue weighted by Gasteiger charge is -2.37. The Bertz CT molecular complexity index is 1830. The second-order valence-electron chi connectivity index (χ2n) is 13.6. The number of rotatable bonds is 9. The number of nitrogens with zero attached hydrogens (tertiary/aromatic N) is 1. The predicted octanol–water partition coefficient (Wildman–Crippen LogP) is 13.4. The van der Waals surface area contributed by atoms with Crippen LogP contribution in [0, 0.1) is 13.8 Å². The molecule has 2 heterocycles. The standard InChI is InChI=1S/C23H30O.C10H10NOP.C10H12NOP.C2H6/c1-9-16-10-14(2)20-18(12-16)23(7,8)19-13-17(22(4,5)6)11-15(3)21(19)24-20;1-2-6-10(7-3-1)12-13-11-8-4-5-9-11;1-2-3-9-11-13-12-10-7-5-4-6-8-10;1-2/h10-13H,9H2,1-8H3;1-9,13H;2-9,11,13H,1H2;1-2H3/b;;9-3-;. The summed E-state index contributed by atoms with van der Waals surface area (Å²) in [6.07, 6.45) is 10.4. The van der Waals surface area contributed by atoms with Crippen molar-refractivity contribution in [2.75, 3.05) is 0 Å². The van der Waals surface area contributed by atoms with Crippen LogP contribution < -0.4 is 18.9 Å². The van der Waals surface area contributed by atoms with Crippen LogP contribution in [0.1, 0.15) is 88.8 Å². The number of hydrogen-bond acceptors (Lipinski definition) is 4. The first-order valence-corrected chi connectivity index (χ1v) is 19.8. The molecule has 1 N–H and O–H groups in total. The van der Waals surface area contributed by atoms with Crippen molar-refractivity contribution in [2.45, 2.75) is 86.5 Å². The Labute approximate surface area is 317 Å². The minimum atomic E-state index is -0.0507. The van der Waals surface area contributed by atoms with Gasteiger partial charge < -0.3 is 23.2 Å². The topological polar surface area (TPSA) is 44.6 Å². The molecule has 0 saturated carbocycles. The van der Waals surface area contributed by atoms with Gasteiger partial charge in [0.15, 0.2) is 17.9 Å². The van der Waals surface area contributed by atoms with Gasteiger partial charge in [0.05, 0.1) is 0 Å². The van der Waals surface area contributed by atoms with Crippen LogP contribution in [-0.2, 0) is 17.3 Å². The summed E-state index contributed by atoms with van der Waals surface area (Å²) >= 11 is 0. The summed E-state index contributed by atoms with van der Waals surface area (Å²) < 4.78 is 19.4. The average molecular weight is 737 g/mol. The van der Waals surface area contributed by atoms with Crippen molar-refractivity contribution in [1.29, 1.82) is 0 Å². The number of para-hydroxylation sites is 2. The highest BCUT2D eigenvalue weighted by atomic mass is 31.1. The minimum absolute atomic E-state index is 0.0507. The van der Waals surface area contributed by atoms with Gasteiger partial charge in [-0.1, -0.05) is 129 Å². The summed E-state index contributed by atoms with van der Waals surface area (Å²) in [5, 5.41) is 2.99. The first kappa shape index (κ1) is 42.1. The zero-order chi connectivity index (χ0) is 38.1. The van der Waals surface area contributed by atoms with Crippen LogP contribution in [0.15, 0.2) is 134 Å². The summed E-state index contributed by atoms with van der Waals surface area (Å²) in [6, 6.07) is 32.7. The van der Waals surface area contributed by atoms with Crippen molar-refractivity contribution < 1.29 is 13.8 Å². The summed E-state index contributed by atoms with van der Waals surface area (Å²) in [5.41, 5.74) is 7.95. The lowest BCUT2D eigenvalue weighted by molar-refractivity contribution is 0.410. The lowest BCUT2D eigenvalue weighted by Crippen LogP contribution is -2.27. The molecule has 0 saturated heterocycles. The average Bonchev–Trinajstić information content (AvgIpc) is 3.67. The van der Waals surface area contributed by atoms with Crippen molar-refractivity contribution in [3.8, 4) is 23.0 Å². The first-order valence-electron chi connectivity index (χ1n) is 18.0. The molecule has 0 bridgehead atoms. The van der Waals surface area contributed by atoms with E-state index in [-0.39, 0.29) is 19.8 Å². The molecule has 1 aliphatic rings. The van der Waals surface area contributed by atoms with E-state index < -0.39 is 0 Å². The predicted molar refractivity (Wildman–Crippen MR) is 227 cm³/mol. The smallest absolute Gasteiger partial charge is 0.181 e. The zero-order valence-electron chi connectivity index (χ0n) is 32.7. The maximum atomic E-state index is 6.44. The number of allylic oxidation sites excluding steroid dienone is 2. The molecule has 52 heavy (non-hydrogen) atoms. The normalized spacial score (nSPS) is 12.7. The van der Waals surface area contributed by atoms with Crippen LogP contribution >= 0.6 is 17.9 Å². The van der Waals surface area contributed by atoms with Crippen LogP contribution in [-0.4, -0.2) is 4.34 Å². The molecule has 2 atom stereocenters. The summed E-state index contributed by atoms with van der Waals surface area (Å²) in [5.74, 6) is 3.89. The van der Waals surface area contributed by atoms with E-state index in [1.54, 1.807) is 12.3 Å². The molecule has 2 unspecified atom stereocenters. The number of ether oxygens (including phenoxy) is 1. The van der Waals surface area contributed by atoms with Crippen molar-refractivity contribution in [3.05, 3.63) is 168 Å². The second kappa shape index (κ2) is 20.7. The van der Waals surface area contributed by atoms with E-state index >= 15 is 0 Å². The van der Waals surface area contributed by atoms with Gasteiger partial charge in [-0.15, -0.1) is 0 Å². The Balaban J connectivity index is 0.000000222. The molecule has 7 heteroatoms. The molecule has 0 fully saturated rings. The van der Waals surface area contributed by atoms with E-state index in [0.717, 1.165) is 29.4 Å². The van der Waals surface area contributed by atoms with Crippen molar-refractivity contribution in [1.82, 2.24) is 9.42 Å². The molecule has 0 spiro atoms. The Hall–Kier alpha value is -4.30. The molecule has 0 amide bonds. The van der Waals surface area contributed by atoms with Crippen molar-refractivity contribution in [2.24, 2.45) is 0 Å². The van der Waals surface area contributed by atoms with E-state index in [1.807, 2.05) is 109 Å². The fourth-order valence-corrected chi connectivity index (χ4v) is 6.54. The lowest BCUT2D eigenvalue weighted by atomic mass is 9.72. The molecular weight excluding hydrogens is 678 g/mol. The van der Waals surface area contributed by atoms with Crippen molar-refractivity contribution in [3.63, 3.8) is 0 Å². The Morgan fingerprint density at radius 2 is 1.33 bits per heavy atom. The molecule has 5 aromatic rings. The molecule has 6 rings (SSSR count). The summed E-state index contributed by atoms with van der Waals surface area (Å²) in [7, 11) is 0.558. The maximum Gasteiger partial charge on any atom is 0.181 e. The monoisotopic (exact) mass is 736 g/mol. The Morgan fingerprint density at radius 3 is 1.87 bits per heavy atom. The summed E-state index contributed by atoms with van der Waals surface area (Å²) in [6.45, 7) is 25.6. The highest BCUT2D eigenvalue weighted by Crippen LogP contribution is 2.51. The van der Waals surface area contributed by atoms with Gasteiger partial charge in [0.1, 0.15) is 23.0 Å². The highest BCUT2D eigenvalue weighted by molar-refractivity contribution is 7.30. The Morgan fingerprint density at radius 1 is 0.788 bits per heavy atom. The van der Waals surface area contributed by atoms with E-state index in [4.69, 9.17) is 13.8 Å². The molecule has 0 radical (unpaired) electrons. The first-order chi connectivity index (χ1) is 24.9. The largest absolute Gasteiger partial charge is 0.456 e.